The van der Waals surface area contributed by atoms with Gasteiger partial charge in [-0.1, -0.05) is 5.21 Å². The van der Waals surface area contributed by atoms with Crippen LogP contribution >= 0.6 is 0 Å². The topological polar surface area (TPSA) is 125 Å². The Kier molecular flexibility index (Phi) is 3.94. The number of hydrogen-bond acceptors (Lipinski definition) is 7. The van der Waals surface area contributed by atoms with E-state index >= 15 is 0 Å². The van der Waals surface area contributed by atoms with Crippen LogP contribution in [0, 0.1) is 0 Å². The quantitative estimate of drug-likeness (QED) is 0.401. The molecule has 1 aromatic heterocycles. The van der Waals surface area contributed by atoms with Gasteiger partial charge in [-0.25, -0.2) is 8.42 Å². The minimum atomic E-state index is -3.84. The van der Waals surface area contributed by atoms with Crippen LogP contribution in [0.25, 0.3) is 0 Å². The first-order valence-corrected chi connectivity index (χ1v) is 7.43. The first kappa shape index (κ1) is 16.4. The van der Waals surface area contributed by atoms with E-state index in [4.69, 9.17) is 0 Å². The average Bonchev–Trinajstić information content (AvgIpc) is 2.87. The summed E-state index contributed by atoms with van der Waals surface area (Å²) in [6, 6.07) is -1.51. The van der Waals surface area contributed by atoms with Crippen molar-refractivity contribution in [2.75, 3.05) is 0 Å². The van der Waals surface area contributed by atoms with Crippen molar-refractivity contribution in [2.24, 2.45) is 0 Å². The predicted molar refractivity (Wildman–Crippen MR) is 61.4 cm³/mol. The third-order valence-corrected chi connectivity index (χ3v) is 6.75. The Bertz CT molecular complexity index is 690. The maximum atomic E-state index is 12.5. The summed E-state index contributed by atoms with van der Waals surface area (Å²) in [5.74, 6) is -2.07. The zero-order valence-corrected chi connectivity index (χ0v) is 14.3. The van der Waals surface area contributed by atoms with Crippen LogP contribution < -0.4 is 34.7 Å². The van der Waals surface area contributed by atoms with Gasteiger partial charge >= 0.3 is 29.6 Å². The Hall–Kier alpha value is -0.970. The number of carbonyl (C=O) groups excluding carboxylic acids is 2. The average molecular weight is 322 g/mol. The number of carbonyl (C=O) groups is 2. The molecule has 11 heteroatoms. The molecular weight excluding hydrogens is 311 g/mol. The maximum Gasteiger partial charge on any atom is 1.00 e. The third-order valence-electron chi connectivity index (χ3n) is 3.98. The van der Waals surface area contributed by atoms with E-state index in [0.29, 0.717) is 0 Å². The van der Waals surface area contributed by atoms with Gasteiger partial charge in [0.05, 0.1) is 31.2 Å². The molecule has 21 heavy (non-hydrogen) atoms. The number of amides is 1. The molecule has 108 valence electrons. The van der Waals surface area contributed by atoms with E-state index in [-0.39, 0.29) is 42.5 Å². The van der Waals surface area contributed by atoms with Crippen LogP contribution in [0.2, 0.25) is 0 Å². The molecule has 3 atom stereocenters. The minimum Gasteiger partial charge on any atom is -0.548 e. The molecule has 0 aliphatic carbocycles. The summed E-state index contributed by atoms with van der Waals surface area (Å²) in [5.41, 5.74) is 0. The van der Waals surface area contributed by atoms with Crippen LogP contribution in [-0.2, 0) is 26.0 Å². The third kappa shape index (κ3) is 2.04. The Morgan fingerprint density at radius 2 is 2.24 bits per heavy atom. The van der Waals surface area contributed by atoms with Gasteiger partial charge in [0.25, 0.3) is 0 Å². The van der Waals surface area contributed by atoms with Crippen molar-refractivity contribution < 1.29 is 52.7 Å². The van der Waals surface area contributed by atoms with Crippen molar-refractivity contribution in [3.63, 3.8) is 0 Å². The van der Waals surface area contributed by atoms with E-state index < -0.39 is 37.9 Å². The molecule has 9 nitrogen and oxygen atoms in total. The SMILES string of the molecule is C[C@]1(Cn2ccnn2)C(C(=O)[O-])N2C(=O)C[C@H]2S1(=O)=O.[Na+]. The largest absolute Gasteiger partial charge is 1.00 e. The van der Waals surface area contributed by atoms with Gasteiger partial charge in [-0.2, -0.15) is 0 Å². The fraction of sp³-hybridized carbons (Fsp3) is 0.600. The van der Waals surface area contributed by atoms with Crippen LogP contribution in [0.4, 0.5) is 0 Å². The fourth-order valence-corrected chi connectivity index (χ4v) is 5.26. The van der Waals surface area contributed by atoms with E-state index in [0.717, 1.165) is 4.90 Å². The van der Waals surface area contributed by atoms with Crippen molar-refractivity contribution in [3.05, 3.63) is 12.4 Å². The number of hydrogen-bond donors (Lipinski definition) is 0. The number of carboxylic acids is 1. The second-order valence-corrected chi connectivity index (χ2v) is 7.71. The molecule has 0 bridgehead atoms. The summed E-state index contributed by atoms with van der Waals surface area (Å²) < 4.78 is 24.6. The van der Waals surface area contributed by atoms with Crippen molar-refractivity contribution in [1.29, 1.82) is 0 Å². The Morgan fingerprint density at radius 1 is 1.57 bits per heavy atom. The molecule has 0 radical (unpaired) electrons. The molecule has 2 aliphatic rings. The molecule has 1 aromatic rings. The number of nitrogens with zero attached hydrogens (tertiary/aromatic N) is 4. The van der Waals surface area contributed by atoms with E-state index in [1.54, 1.807) is 0 Å². The minimum absolute atomic E-state index is 0. The fourth-order valence-electron chi connectivity index (χ4n) is 2.91. The van der Waals surface area contributed by atoms with Crippen LogP contribution in [0.5, 0.6) is 0 Å². The molecular formula is C10H11N4NaO5S. The monoisotopic (exact) mass is 322 g/mol. The summed E-state index contributed by atoms with van der Waals surface area (Å²) in [5, 5.41) is 17.5. The second-order valence-electron chi connectivity index (χ2n) is 5.14. The molecule has 2 fully saturated rings. The maximum absolute atomic E-state index is 12.5. The molecule has 0 saturated carbocycles. The first-order valence-electron chi connectivity index (χ1n) is 5.88. The molecule has 3 heterocycles. The molecule has 0 aromatic carbocycles. The number of carboxylic acid groups (broad SMARTS) is 1. The van der Waals surface area contributed by atoms with Crippen molar-refractivity contribution in [1.82, 2.24) is 19.9 Å². The first-order chi connectivity index (χ1) is 9.29. The van der Waals surface area contributed by atoms with Crippen molar-refractivity contribution in [2.45, 2.75) is 36.1 Å². The van der Waals surface area contributed by atoms with Crippen molar-refractivity contribution in [3.8, 4) is 0 Å². The van der Waals surface area contributed by atoms with Crippen LogP contribution in [-0.4, -0.2) is 56.4 Å². The molecule has 0 N–H and O–H groups in total. The van der Waals surface area contributed by atoms with Gasteiger partial charge in [-0.15, -0.1) is 5.10 Å². The van der Waals surface area contributed by atoms with Gasteiger partial charge < -0.3 is 14.8 Å². The van der Waals surface area contributed by atoms with Gasteiger partial charge in [-0.05, 0) is 6.92 Å². The van der Waals surface area contributed by atoms with Gasteiger partial charge in [0, 0.05) is 6.20 Å². The Labute approximate surface area is 142 Å². The van der Waals surface area contributed by atoms with E-state index in [9.17, 15) is 23.1 Å². The van der Waals surface area contributed by atoms with Gasteiger partial charge in [0.15, 0.2) is 9.84 Å². The standard InChI is InChI=1S/C10H12N4O5S.Na/c1-10(5-13-3-2-11-12-13)8(9(16)17)14-6(15)4-7(14)20(10,18)19;/h2-3,7-8H,4-5H2,1H3,(H,16,17);/q;+1/p-1/t7-,8?,10+;/m1./s1. The Balaban J connectivity index is 0.00000161. The van der Waals surface area contributed by atoms with E-state index in [2.05, 4.69) is 10.3 Å². The van der Waals surface area contributed by atoms with Crippen LogP contribution in [0.15, 0.2) is 12.4 Å². The van der Waals surface area contributed by atoms with E-state index in [1.165, 1.54) is 24.0 Å². The molecule has 0 spiro atoms. The number of sulfone groups is 1. The molecule has 2 aliphatic heterocycles. The summed E-state index contributed by atoms with van der Waals surface area (Å²) in [4.78, 5) is 23.8. The number of aliphatic carboxylic acids is 1. The number of aromatic nitrogens is 3. The smallest absolute Gasteiger partial charge is 0.548 e. The van der Waals surface area contributed by atoms with E-state index in [1.807, 2.05) is 0 Å². The Morgan fingerprint density at radius 3 is 2.71 bits per heavy atom. The number of fused-ring (bicyclic) bond motifs is 1. The second kappa shape index (κ2) is 5.04. The van der Waals surface area contributed by atoms with Gasteiger partial charge in [-0.3, -0.25) is 9.48 Å². The summed E-state index contributed by atoms with van der Waals surface area (Å²) in [7, 11) is -3.84. The van der Waals surface area contributed by atoms with Gasteiger partial charge in [0.1, 0.15) is 10.1 Å². The zero-order valence-electron chi connectivity index (χ0n) is 11.5. The molecule has 1 amide bonds. The number of β-lactam (4-membered cyclic amide) rings is 1. The molecule has 2 saturated heterocycles. The van der Waals surface area contributed by atoms with Crippen LogP contribution in [0.1, 0.15) is 13.3 Å². The molecule has 1 unspecified atom stereocenters. The summed E-state index contributed by atoms with van der Waals surface area (Å²) >= 11 is 0. The van der Waals surface area contributed by atoms with Gasteiger partial charge in [0.2, 0.25) is 5.91 Å². The van der Waals surface area contributed by atoms with Crippen molar-refractivity contribution >= 4 is 21.7 Å². The zero-order chi connectivity index (χ0) is 14.7. The normalized spacial score (nSPS) is 33.0. The predicted octanol–water partition coefficient (Wildman–Crippen LogP) is -5.85. The van der Waals surface area contributed by atoms with Crippen LogP contribution in [0.3, 0.4) is 0 Å². The summed E-state index contributed by atoms with van der Waals surface area (Å²) in [6.07, 6.45) is 2.61. The number of rotatable bonds is 3. The molecule has 3 rings (SSSR count). The summed E-state index contributed by atoms with van der Waals surface area (Å²) in [6.45, 7) is 1.10.